The maximum Gasteiger partial charge on any atom is 0.434 e. The van der Waals surface area contributed by atoms with Crippen molar-refractivity contribution in [1.29, 1.82) is 0 Å². The number of rotatable bonds is 7. The Morgan fingerprint density at radius 2 is 1.89 bits per heavy atom. The van der Waals surface area contributed by atoms with E-state index in [0.29, 0.717) is 30.5 Å². The Bertz CT molecular complexity index is 769. The summed E-state index contributed by atoms with van der Waals surface area (Å²) >= 11 is 1.02. The number of nitrogens with zero attached hydrogens (tertiary/aromatic N) is 3. The van der Waals surface area contributed by atoms with Gasteiger partial charge in [0, 0.05) is 31.9 Å². The molecule has 1 aromatic carbocycles. The molecule has 0 radical (unpaired) electrons. The second kappa shape index (κ2) is 9.88. The highest BCUT2D eigenvalue weighted by Crippen LogP contribution is 2.30. The van der Waals surface area contributed by atoms with Gasteiger partial charge in [0.05, 0.1) is 11.0 Å². The molecule has 2 aromatic rings. The molecule has 0 spiro atoms. The number of aryl methyl sites for hydroxylation is 1. The van der Waals surface area contributed by atoms with E-state index in [4.69, 9.17) is 0 Å². The number of alkyl halides is 3. The summed E-state index contributed by atoms with van der Waals surface area (Å²) in [4.78, 5) is 9.94. The van der Waals surface area contributed by atoms with Crippen molar-refractivity contribution in [2.24, 2.45) is 4.99 Å². The molecule has 1 aromatic heterocycles. The van der Waals surface area contributed by atoms with E-state index >= 15 is 0 Å². The van der Waals surface area contributed by atoms with Crippen molar-refractivity contribution in [1.82, 2.24) is 20.5 Å². The lowest BCUT2D eigenvalue weighted by atomic mass is 10.0. The first kappa shape index (κ1) is 22.2. The third-order valence-corrected chi connectivity index (χ3v) is 5.15. The lowest BCUT2D eigenvalue weighted by molar-refractivity contribution is -0.140. The van der Waals surface area contributed by atoms with Gasteiger partial charge in [-0.1, -0.05) is 29.8 Å². The van der Waals surface area contributed by atoms with Gasteiger partial charge in [0.25, 0.3) is 0 Å². The summed E-state index contributed by atoms with van der Waals surface area (Å²) in [7, 11) is 5.70. The fourth-order valence-corrected chi connectivity index (χ4v) is 3.45. The number of hydrogen-bond donors (Lipinski definition) is 2. The van der Waals surface area contributed by atoms with Crippen LogP contribution < -0.4 is 10.6 Å². The summed E-state index contributed by atoms with van der Waals surface area (Å²) in [5, 5.41) is 7.90. The van der Waals surface area contributed by atoms with Crippen LogP contribution in [0.1, 0.15) is 27.9 Å². The van der Waals surface area contributed by atoms with E-state index in [1.807, 2.05) is 14.1 Å². The Kier molecular flexibility index (Phi) is 7.82. The first-order valence-corrected chi connectivity index (χ1v) is 9.77. The number of benzene rings is 1. The molecule has 9 heteroatoms. The second-order valence-electron chi connectivity index (χ2n) is 6.64. The zero-order valence-electron chi connectivity index (χ0n) is 16.5. The van der Waals surface area contributed by atoms with Gasteiger partial charge in [-0.2, -0.15) is 13.2 Å². The van der Waals surface area contributed by atoms with Gasteiger partial charge in [0.15, 0.2) is 11.7 Å². The number of thiazole rings is 1. The smallest absolute Gasteiger partial charge is 0.356 e. The normalized spacial score (nSPS) is 13.6. The molecule has 2 rings (SSSR count). The van der Waals surface area contributed by atoms with Crippen molar-refractivity contribution in [2.75, 3.05) is 34.2 Å². The van der Waals surface area contributed by atoms with Crippen LogP contribution in [0.2, 0.25) is 0 Å². The van der Waals surface area contributed by atoms with Gasteiger partial charge in [0.1, 0.15) is 0 Å². The molecular formula is C19H26F3N5S. The number of aromatic nitrogens is 1. The molecule has 0 aliphatic rings. The first-order chi connectivity index (χ1) is 13.2. The van der Waals surface area contributed by atoms with E-state index in [1.165, 1.54) is 11.1 Å². The lowest BCUT2D eigenvalue weighted by Gasteiger charge is -2.26. The fourth-order valence-electron chi connectivity index (χ4n) is 2.64. The molecule has 154 valence electrons. The van der Waals surface area contributed by atoms with Crippen LogP contribution in [0.4, 0.5) is 13.2 Å². The quantitative estimate of drug-likeness (QED) is 0.539. The van der Waals surface area contributed by atoms with Crippen LogP contribution in [0.25, 0.3) is 0 Å². The van der Waals surface area contributed by atoms with Crippen LogP contribution >= 0.6 is 11.3 Å². The zero-order chi connectivity index (χ0) is 20.7. The fraction of sp³-hybridized carbons (Fsp3) is 0.474. The van der Waals surface area contributed by atoms with E-state index in [9.17, 15) is 13.2 Å². The Balaban J connectivity index is 1.86. The average Bonchev–Trinajstić information content (AvgIpc) is 3.11. The van der Waals surface area contributed by atoms with Gasteiger partial charge in [-0.15, -0.1) is 11.3 Å². The zero-order valence-corrected chi connectivity index (χ0v) is 17.3. The van der Waals surface area contributed by atoms with Crippen molar-refractivity contribution in [3.8, 4) is 0 Å². The minimum absolute atomic E-state index is 0.160. The van der Waals surface area contributed by atoms with Gasteiger partial charge in [-0.05, 0) is 26.6 Å². The number of aliphatic imine (C=N–C) groups is 1. The van der Waals surface area contributed by atoms with E-state index in [0.717, 1.165) is 16.7 Å². The van der Waals surface area contributed by atoms with Crippen LogP contribution in [0.15, 0.2) is 34.6 Å². The van der Waals surface area contributed by atoms with Crippen LogP contribution in [-0.2, 0) is 12.6 Å². The Labute approximate surface area is 167 Å². The summed E-state index contributed by atoms with van der Waals surface area (Å²) in [6.07, 6.45) is -3.99. The summed E-state index contributed by atoms with van der Waals surface area (Å²) < 4.78 is 37.8. The lowest BCUT2D eigenvalue weighted by Crippen LogP contribution is -2.42. The number of likely N-dealkylation sites (N-methyl/N-ethyl adjacent to an activating group) is 1. The predicted molar refractivity (Wildman–Crippen MR) is 108 cm³/mol. The van der Waals surface area contributed by atoms with Crippen molar-refractivity contribution in [2.45, 2.75) is 25.6 Å². The summed E-state index contributed by atoms with van der Waals surface area (Å²) in [6.45, 7) is 3.14. The van der Waals surface area contributed by atoms with E-state index < -0.39 is 11.9 Å². The summed E-state index contributed by atoms with van der Waals surface area (Å²) in [5.74, 6) is 0.603. The molecule has 1 unspecified atom stereocenters. The van der Waals surface area contributed by atoms with E-state index in [-0.39, 0.29) is 6.04 Å². The molecule has 1 heterocycles. The summed E-state index contributed by atoms with van der Waals surface area (Å²) in [5.41, 5.74) is 1.57. The highest BCUT2D eigenvalue weighted by Gasteiger charge is 2.33. The monoisotopic (exact) mass is 413 g/mol. The molecule has 0 aliphatic carbocycles. The third kappa shape index (κ3) is 6.49. The third-order valence-electron chi connectivity index (χ3n) is 4.25. The molecule has 0 bridgehead atoms. The van der Waals surface area contributed by atoms with Crippen molar-refractivity contribution in [3.05, 3.63) is 51.5 Å². The Morgan fingerprint density at radius 3 is 2.43 bits per heavy atom. The Morgan fingerprint density at radius 1 is 1.21 bits per heavy atom. The van der Waals surface area contributed by atoms with Gasteiger partial charge >= 0.3 is 6.18 Å². The van der Waals surface area contributed by atoms with Gasteiger partial charge in [-0.3, -0.25) is 4.99 Å². The topological polar surface area (TPSA) is 52.6 Å². The highest BCUT2D eigenvalue weighted by molar-refractivity contribution is 7.09. The molecule has 2 N–H and O–H groups in total. The molecule has 0 saturated carbocycles. The SMILES string of the molecule is CN=C(NCCc1nc(C(F)(F)F)cs1)NCC(c1ccc(C)cc1)N(C)C. The van der Waals surface area contributed by atoms with Gasteiger partial charge in [0.2, 0.25) is 0 Å². The van der Waals surface area contributed by atoms with Crippen LogP contribution in [-0.4, -0.2) is 50.1 Å². The van der Waals surface area contributed by atoms with Gasteiger partial charge in [-0.25, -0.2) is 4.98 Å². The molecule has 0 fully saturated rings. The van der Waals surface area contributed by atoms with E-state index in [2.05, 4.69) is 56.7 Å². The van der Waals surface area contributed by atoms with Crippen LogP contribution in [0.3, 0.4) is 0 Å². The first-order valence-electron chi connectivity index (χ1n) is 8.90. The number of nitrogens with one attached hydrogen (secondary N) is 2. The number of hydrogen-bond acceptors (Lipinski definition) is 4. The minimum atomic E-state index is -4.39. The minimum Gasteiger partial charge on any atom is -0.356 e. The predicted octanol–water partition coefficient (Wildman–Crippen LogP) is 3.48. The van der Waals surface area contributed by atoms with Crippen molar-refractivity contribution < 1.29 is 13.2 Å². The largest absolute Gasteiger partial charge is 0.434 e. The summed E-state index contributed by atoms with van der Waals surface area (Å²) in [6, 6.07) is 8.55. The Hall–Kier alpha value is -2.13. The number of halogens is 3. The standard InChI is InChI=1S/C19H26F3N5S/c1-13-5-7-14(8-6-13)15(27(3)4)11-25-18(23-2)24-10-9-17-26-16(12-28-17)19(20,21)22/h5-8,12,15H,9-11H2,1-4H3,(H2,23,24,25). The van der Waals surface area contributed by atoms with Crippen LogP contribution in [0.5, 0.6) is 0 Å². The number of guanidine groups is 1. The van der Waals surface area contributed by atoms with Crippen molar-refractivity contribution in [3.63, 3.8) is 0 Å². The second-order valence-corrected chi connectivity index (χ2v) is 7.59. The molecule has 1 atom stereocenters. The highest BCUT2D eigenvalue weighted by atomic mass is 32.1. The average molecular weight is 414 g/mol. The molecule has 0 aliphatic heterocycles. The van der Waals surface area contributed by atoms with E-state index in [1.54, 1.807) is 7.05 Å². The molecule has 0 amide bonds. The molecule has 5 nitrogen and oxygen atoms in total. The molecule has 0 saturated heterocycles. The van der Waals surface area contributed by atoms with Crippen molar-refractivity contribution >= 4 is 17.3 Å². The van der Waals surface area contributed by atoms with Gasteiger partial charge < -0.3 is 15.5 Å². The maximum atomic E-state index is 12.6. The molecule has 28 heavy (non-hydrogen) atoms. The van der Waals surface area contributed by atoms with Crippen LogP contribution in [0, 0.1) is 6.92 Å². The maximum absolute atomic E-state index is 12.6. The molecular weight excluding hydrogens is 387 g/mol.